The fraction of sp³-hybridized carbons (Fsp3) is 0.500. The molecule has 1 aromatic carbocycles. The molecule has 0 spiro atoms. The number of likely N-dealkylation sites (tertiary alicyclic amines) is 1. The first kappa shape index (κ1) is 14.3. The molecule has 20 heavy (non-hydrogen) atoms. The van der Waals surface area contributed by atoms with Gasteiger partial charge >= 0.3 is 0 Å². The molecule has 1 N–H and O–H groups in total. The number of anilines is 1. The third-order valence-electron chi connectivity index (χ3n) is 3.76. The Morgan fingerprint density at radius 1 is 1.60 bits per heavy atom. The molecule has 1 heterocycles. The van der Waals surface area contributed by atoms with Crippen LogP contribution < -0.4 is 5.32 Å². The Morgan fingerprint density at radius 3 is 3.05 bits per heavy atom. The van der Waals surface area contributed by atoms with Gasteiger partial charge in [0.1, 0.15) is 5.69 Å². The van der Waals surface area contributed by atoms with Gasteiger partial charge in [0.25, 0.3) is 5.69 Å². The summed E-state index contributed by atoms with van der Waals surface area (Å²) in [5, 5.41) is 23.0. The van der Waals surface area contributed by atoms with Crippen LogP contribution in [0, 0.1) is 21.4 Å². The zero-order valence-corrected chi connectivity index (χ0v) is 11.5. The van der Waals surface area contributed by atoms with E-state index in [0.717, 1.165) is 19.5 Å². The number of benzene rings is 1. The number of nitro benzene ring substituents is 1. The first-order valence-electron chi connectivity index (χ1n) is 6.82. The summed E-state index contributed by atoms with van der Waals surface area (Å²) < 4.78 is 0. The summed E-state index contributed by atoms with van der Waals surface area (Å²) in [6, 6.07) is 6.81. The molecular formula is C14H18N4O2. The van der Waals surface area contributed by atoms with Crippen LogP contribution in [0.2, 0.25) is 0 Å². The van der Waals surface area contributed by atoms with Gasteiger partial charge in [-0.3, -0.25) is 15.0 Å². The lowest BCUT2D eigenvalue weighted by Gasteiger charge is -2.23. The van der Waals surface area contributed by atoms with E-state index in [4.69, 9.17) is 5.26 Å². The summed E-state index contributed by atoms with van der Waals surface area (Å²) in [6.07, 6.45) is 2.27. The van der Waals surface area contributed by atoms with Crippen LogP contribution in [0.15, 0.2) is 18.2 Å². The van der Waals surface area contributed by atoms with Gasteiger partial charge in [-0.1, -0.05) is 6.92 Å². The summed E-state index contributed by atoms with van der Waals surface area (Å²) in [6.45, 7) is 4.87. The topological polar surface area (TPSA) is 82.2 Å². The van der Waals surface area contributed by atoms with Crippen molar-refractivity contribution < 1.29 is 4.92 Å². The lowest BCUT2D eigenvalue weighted by Crippen LogP contribution is -2.34. The highest BCUT2D eigenvalue weighted by molar-refractivity contribution is 5.64. The predicted molar refractivity (Wildman–Crippen MR) is 76.6 cm³/mol. The molecule has 0 saturated carbocycles. The first-order valence-corrected chi connectivity index (χ1v) is 6.82. The lowest BCUT2D eigenvalue weighted by atomic mass is 10.1. The van der Waals surface area contributed by atoms with Gasteiger partial charge in [0, 0.05) is 18.7 Å². The van der Waals surface area contributed by atoms with Crippen LogP contribution >= 0.6 is 0 Å². The van der Waals surface area contributed by atoms with Crippen LogP contribution in [-0.2, 0) is 0 Å². The number of hydrogen-bond acceptors (Lipinski definition) is 5. The number of hydrogen-bond donors (Lipinski definition) is 1. The van der Waals surface area contributed by atoms with Crippen LogP contribution in [0.1, 0.15) is 25.3 Å². The van der Waals surface area contributed by atoms with Crippen molar-refractivity contribution in [3.63, 3.8) is 0 Å². The van der Waals surface area contributed by atoms with Gasteiger partial charge in [-0.15, -0.1) is 0 Å². The fourth-order valence-corrected chi connectivity index (χ4v) is 2.68. The molecule has 0 amide bonds. The van der Waals surface area contributed by atoms with E-state index in [1.54, 1.807) is 6.07 Å². The standard InChI is InChI=1S/C14H18N4O2/c1-2-17-7-3-4-12(17)10-16-13-8-11(9-15)5-6-14(13)18(19)20/h5-6,8,12,16H,2-4,7,10H2,1H3. The second kappa shape index (κ2) is 6.35. The summed E-state index contributed by atoms with van der Waals surface area (Å²) in [4.78, 5) is 13.0. The number of nitrogens with one attached hydrogen (secondary N) is 1. The molecule has 0 radical (unpaired) electrons. The second-order valence-corrected chi connectivity index (χ2v) is 4.91. The fourth-order valence-electron chi connectivity index (χ4n) is 2.68. The Kier molecular flexibility index (Phi) is 4.53. The minimum atomic E-state index is -0.421. The van der Waals surface area contributed by atoms with E-state index in [1.807, 2.05) is 6.07 Å². The van der Waals surface area contributed by atoms with Gasteiger partial charge in [-0.05, 0) is 38.1 Å². The highest BCUT2D eigenvalue weighted by Gasteiger charge is 2.23. The predicted octanol–water partition coefficient (Wildman–Crippen LogP) is 2.36. The zero-order valence-electron chi connectivity index (χ0n) is 11.5. The molecule has 1 aliphatic heterocycles. The van der Waals surface area contributed by atoms with E-state index in [-0.39, 0.29) is 5.69 Å². The van der Waals surface area contributed by atoms with Crippen molar-refractivity contribution in [2.75, 3.05) is 25.0 Å². The quantitative estimate of drug-likeness (QED) is 0.658. The average molecular weight is 274 g/mol. The number of nitrogens with zero attached hydrogens (tertiary/aromatic N) is 3. The Hall–Kier alpha value is -2.13. The largest absolute Gasteiger partial charge is 0.378 e. The molecule has 0 bridgehead atoms. The Morgan fingerprint density at radius 2 is 2.40 bits per heavy atom. The van der Waals surface area contributed by atoms with Crippen molar-refractivity contribution in [3.8, 4) is 6.07 Å². The van der Waals surface area contributed by atoms with E-state index in [2.05, 4.69) is 17.1 Å². The molecular weight excluding hydrogens is 256 g/mol. The molecule has 1 unspecified atom stereocenters. The highest BCUT2D eigenvalue weighted by Crippen LogP contribution is 2.26. The maximum absolute atomic E-state index is 11.0. The highest BCUT2D eigenvalue weighted by atomic mass is 16.6. The smallest absolute Gasteiger partial charge is 0.292 e. The average Bonchev–Trinajstić information content (AvgIpc) is 2.91. The number of likely N-dealkylation sites (N-methyl/N-ethyl adjacent to an activating group) is 1. The maximum Gasteiger partial charge on any atom is 0.292 e. The summed E-state index contributed by atoms with van der Waals surface area (Å²) in [5.74, 6) is 0. The monoisotopic (exact) mass is 274 g/mol. The van der Waals surface area contributed by atoms with Crippen LogP contribution in [0.25, 0.3) is 0 Å². The maximum atomic E-state index is 11.0. The second-order valence-electron chi connectivity index (χ2n) is 4.91. The minimum Gasteiger partial charge on any atom is -0.378 e. The van der Waals surface area contributed by atoms with E-state index in [9.17, 15) is 10.1 Å². The molecule has 1 saturated heterocycles. The van der Waals surface area contributed by atoms with Crippen LogP contribution in [0.3, 0.4) is 0 Å². The summed E-state index contributed by atoms with van der Waals surface area (Å²) in [5.41, 5.74) is 0.874. The molecule has 2 rings (SSSR count). The number of nitriles is 1. The summed E-state index contributed by atoms with van der Waals surface area (Å²) >= 11 is 0. The molecule has 1 fully saturated rings. The molecule has 0 aliphatic carbocycles. The Bertz CT molecular complexity index is 538. The van der Waals surface area contributed by atoms with Crippen molar-refractivity contribution in [2.45, 2.75) is 25.8 Å². The van der Waals surface area contributed by atoms with Crippen molar-refractivity contribution in [1.29, 1.82) is 5.26 Å². The van der Waals surface area contributed by atoms with Gasteiger partial charge in [0.2, 0.25) is 0 Å². The molecule has 6 heteroatoms. The number of rotatable bonds is 5. The van der Waals surface area contributed by atoms with Crippen LogP contribution in [0.4, 0.5) is 11.4 Å². The van der Waals surface area contributed by atoms with Gasteiger partial charge < -0.3 is 5.32 Å². The molecule has 1 atom stereocenters. The Balaban J connectivity index is 2.11. The van der Waals surface area contributed by atoms with Gasteiger partial charge in [0.15, 0.2) is 0 Å². The third-order valence-corrected chi connectivity index (χ3v) is 3.76. The summed E-state index contributed by atoms with van der Waals surface area (Å²) in [7, 11) is 0. The lowest BCUT2D eigenvalue weighted by molar-refractivity contribution is -0.384. The zero-order chi connectivity index (χ0) is 14.5. The molecule has 1 aromatic rings. The minimum absolute atomic E-state index is 0.0186. The van der Waals surface area contributed by atoms with Gasteiger partial charge in [-0.25, -0.2) is 0 Å². The molecule has 6 nitrogen and oxygen atoms in total. The van der Waals surface area contributed by atoms with E-state index in [1.165, 1.54) is 18.6 Å². The van der Waals surface area contributed by atoms with Crippen molar-refractivity contribution in [2.24, 2.45) is 0 Å². The Labute approximate surface area is 118 Å². The van der Waals surface area contributed by atoms with Gasteiger partial charge in [-0.2, -0.15) is 5.26 Å². The van der Waals surface area contributed by atoms with Crippen LogP contribution in [0.5, 0.6) is 0 Å². The normalized spacial score (nSPS) is 18.7. The van der Waals surface area contributed by atoms with Crippen molar-refractivity contribution in [1.82, 2.24) is 4.90 Å². The first-order chi connectivity index (χ1) is 9.65. The molecule has 0 aromatic heterocycles. The van der Waals surface area contributed by atoms with Crippen molar-refractivity contribution in [3.05, 3.63) is 33.9 Å². The van der Waals surface area contributed by atoms with Gasteiger partial charge in [0.05, 0.1) is 16.6 Å². The molecule has 106 valence electrons. The SMILES string of the molecule is CCN1CCCC1CNc1cc(C#N)ccc1[N+](=O)[O-]. The van der Waals surface area contributed by atoms with E-state index >= 15 is 0 Å². The van der Waals surface area contributed by atoms with E-state index in [0.29, 0.717) is 23.8 Å². The van der Waals surface area contributed by atoms with E-state index < -0.39 is 4.92 Å². The van der Waals surface area contributed by atoms with Crippen molar-refractivity contribution >= 4 is 11.4 Å². The molecule has 1 aliphatic rings. The number of nitro groups is 1. The third kappa shape index (κ3) is 3.06. The van der Waals surface area contributed by atoms with Crippen LogP contribution in [-0.4, -0.2) is 35.5 Å².